The van der Waals surface area contributed by atoms with Crippen LogP contribution in [0.5, 0.6) is 0 Å². The van der Waals surface area contributed by atoms with Crippen LogP contribution in [-0.4, -0.2) is 35.7 Å². The molecule has 24 heavy (non-hydrogen) atoms. The van der Waals surface area contributed by atoms with Crippen LogP contribution < -0.4 is 5.32 Å². The number of benzene rings is 2. The fraction of sp³-hybridized carbons (Fsp3) is 0.429. The largest absolute Gasteiger partial charge is 0.387 e. The summed E-state index contributed by atoms with van der Waals surface area (Å²) in [6.07, 6.45) is 2.82. The lowest BCUT2D eigenvalue weighted by Crippen LogP contribution is -2.44. The van der Waals surface area contributed by atoms with E-state index >= 15 is 0 Å². The van der Waals surface area contributed by atoms with Crippen molar-refractivity contribution in [1.82, 2.24) is 4.90 Å². The molecule has 0 amide bonds. The lowest BCUT2D eigenvalue weighted by molar-refractivity contribution is 0.0379. The molecule has 3 heteroatoms. The van der Waals surface area contributed by atoms with Gasteiger partial charge in [-0.1, -0.05) is 49.4 Å². The Bertz CT molecular complexity index is 629. The summed E-state index contributed by atoms with van der Waals surface area (Å²) in [7, 11) is 0. The lowest BCUT2D eigenvalue weighted by atomic mass is 9.85. The summed E-state index contributed by atoms with van der Waals surface area (Å²) in [5.74, 6) is 0. The SMILES string of the molecule is CCCN(CCNc1ccccc1)C1CCc2ccccc2C1O. The van der Waals surface area contributed by atoms with E-state index in [0.29, 0.717) is 0 Å². The van der Waals surface area contributed by atoms with Crippen molar-refractivity contribution >= 4 is 5.69 Å². The number of para-hydroxylation sites is 1. The van der Waals surface area contributed by atoms with Crippen LogP contribution in [0.4, 0.5) is 5.69 Å². The standard InChI is InChI=1S/C21H28N2O/c1-2-15-23(16-14-22-18-9-4-3-5-10-18)20-13-12-17-8-6-7-11-19(17)21(20)24/h3-11,20-22,24H,2,12-16H2,1H3. The molecule has 0 saturated heterocycles. The van der Waals surface area contributed by atoms with Gasteiger partial charge in [0.1, 0.15) is 0 Å². The normalized spacial score (nSPS) is 20.0. The fourth-order valence-electron chi connectivity index (χ4n) is 3.73. The molecule has 2 unspecified atom stereocenters. The number of hydrogen-bond donors (Lipinski definition) is 2. The van der Waals surface area contributed by atoms with Crippen molar-refractivity contribution in [3.05, 3.63) is 65.7 Å². The molecule has 2 aromatic carbocycles. The molecule has 0 aliphatic heterocycles. The number of nitrogens with one attached hydrogen (secondary N) is 1. The number of aliphatic hydroxyl groups is 1. The van der Waals surface area contributed by atoms with Crippen LogP contribution in [0, 0.1) is 0 Å². The van der Waals surface area contributed by atoms with E-state index in [0.717, 1.165) is 50.1 Å². The zero-order chi connectivity index (χ0) is 16.8. The number of aryl methyl sites for hydroxylation is 1. The maximum absolute atomic E-state index is 10.9. The van der Waals surface area contributed by atoms with Gasteiger partial charge in [0, 0.05) is 24.8 Å². The summed E-state index contributed by atoms with van der Waals surface area (Å²) in [4.78, 5) is 2.45. The summed E-state index contributed by atoms with van der Waals surface area (Å²) in [5.41, 5.74) is 3.58. The van der Waals surface area contributed by atoms with Crippen LogP contribution in [0.1, 0.15) is 37.0 Å². The van der Waals surface area contributed by atoms with Gasteiger partial charge in [0.15, 0.2) is 0 Å². The number of anilines is 1. The van der Waals surface area contributed by atoms with Crippen molar-refractivity contribution in [2.24, 2.45) is 0 Å². The average molecular weight is 324 g/mol. The van der Waals surface area contributed by atoms with E-state index in [4.69, 9.17) is 0 Å². The van der Waals surface area contributed by atoms with Gasteiger partial charge in [0.2, 0.25) is 0 Å². The third-order valence-corrected chi connectivity index (χ3v) is 4.93. The number of aliphatic hydroxyl groups excluding tert-OH is 1. The first-order chi connectivity index (χ1) is 11.8. The highest BCUT2D eigenvalue weighted by Gasteiger charge is 2.31. The molecule has 2 aromatic rings. The van der Waals surface area contributed by atoms with Crippen molar-refractivity contribution in [3.8, 4) is 0 Å². The summed E-state index contributed by atoms with van der Waals surface area (Å²) in [5, 5.41) is 14.4. The highest BCUT2D eigenvalue weighted by molar-refractivity contribution is 5.42. The van der Waals surface area contributed by atoms with Gasteiger partial charge in [-0.3, -0.25) is 4.90 Å². The lowest BCUT2D eigenvalue weighted by Gasteiger charge is -2.38. The Morgan fingerprint density at radius 1 is 1.04 bits per heavy atom. The molecule has 1 aliphatic rings. The van der Waals surface area contributed by atoms with E-state index in [-0.39, 0.29) is 12.1 Å². The molecule has 0 radical (unpaired) electrons. The van der Waals surface area contributed by atoms with Gasteiger partial charge in [-0.2, -0.15) is 0 Å². The van der Waals surface area contributed by atoms with Gasteiger partial charge >= 0.3 is 0 Å². The van der Waals surface area contributed by atoms with Crippen molar-refractivity contribution < 1.29 is 5.11 Å². The topological polar surface area (TPSA) is 35.5 Å². The molecule has 2 N–H and O–H groups in total. The molecule has 0 heterocycles. The van der Waals surface area contributed by atoms with Gasteiger partial charge in [0.05, 0.1) is 6.10 Å². The van der Waals surface area contributed by atoms with Crippen LogP contribution in [-0.2, 0) is 6.42 Å². The Balaban J connectivity index is 1.63. The number of rotatable bonds is 7. The van der Waals surface area contributed by atoms with Crippen molar-refractivity contribution in [3.63, 3.8) is 0 Å². The van der Waals surface area contributed by atoms with Gasteiger partial charge in [0.25, 0.3) is 0 Å². The molecule has 3 rings (SSSR count). The van der Waals surface area contributed by atoms with E-state index in [1.165, 1.54) is 5.56 Å². The average Bonchev–Trinajstić information content (AvgIpc) is 2.63. The Hall–Kier alpha value is -1.84. The van der Waals surface area contributed by atoms with E-state index in [1.807, 2.05) is 24.3 Å². The Labute approximate surface area is 145 Å². The molecule has 0 saturated carbocycles. The number of hydrogen-bond acceptors (Lipinski definition) is 3. The van der Waals surface area contributed by atoms with E-state index in [1.54, 1.807) is 0 Å². The molecule has 1 aliphatic carbocycles. The molecule has 0 aromatic heterocycles. The summed E-state index contributed by atoms with van der Waals surface area (Å²) < 4.78 is 0. The van der Waals surface area contributed by atoms with Crippen LogP contribution in [0.3, 0.4) is 0 Å². The van der Waals surface area contributed by atoms with Crippen molar-refractivity contribution in [1.29, 1.82) is 0 Å². The molecular formula is C21H28N2O. The van der Waals surface area contributed by atoms with Crippen molar-refractivity contribution in [2.45, 2.75) is 38.3 Å². The first-order valence-corrected chi connectivity index (χ1v) is 9.08. The maximum Gasteiger partial charge on any atom is 0.0947 e. The second-order valence-corrected chi connectivity index (χ2v) is 6.58. The number of nitrogens with zero attached hydrogens (tertiary/aromatic N) is 1. The first-order valence-electron chi connectivity index (χ1n) is 9.08. The second kappa shape index (κ2) is 8.32. The monoisotopic (exact) mass is 324 g/mol. The zero-order valence-corrected chi connectivity index (χ0v) is 14.5. The predicted molar refractivity (Wildman–Crippen MR) is 100 cm³/mol. The summed E-state index contributed by atoms with van der Waals surface area (Å²) in [6.45, 7) is 5.09. The minimum Gasteiger partial charge on any atom is -0.387 e. The van der Waals surface area contributed by atoms with Crippen LogP contribution in [0.25, 0.3) is 0 Å². The Morgan fingerprint density at radius 3 is 2.58 bits per heavy atom. The predicted octanol–water partition coefficient (Wildman–Crippen LogP) is 3.86. The molecule has 128 valence electrons. The smallest absolute Gasteiger partial charge is 0.0947 e. The third kappa shape index (κ3) is 3.97. The summed E-state index contributed by atoms with van der Waals surface area (Å²) >= 11 is 0. The van der Waals surface area contributed by atoms with E-state index < -0.39 is 0 Å². The first kappa shape index (κ1) is 17.0. The fourth-order valence-corrected chi connectivity index (χ4v) is 3.73. The minimum atomic E-state index is -0.377. The van der Waals surface area contributed by atoms with Crippen LogP contribution >= 0.6 is 0 Å². The molecule has 2 atom stereocenters. The number of fused-ring (bicyclic) bond motifs is 1. The van der Waals surface area contributed by atoms with Gasteiger partial charge in [-0.15, -0.1) is 0 Å². The van der Waals surface area contributed by atoms with Crippen molar-refractivity contribution in [2.75, 3.05) is 25.0 Å². The molecular weight excluding hydrogens is 296 g/mol. The third-order valence-electron chi connectivity index (χ3n) is 4.93. The molecule has 3 nitrogen and oxygen atoms in total. The maximum atomic E-state index is 10.9. The molecule has 0 fully saturated rings. The Kier molecular flexibility index (Phi) is 5.89. The van der Waals surface area contributed by atoms with E-state index in [2.05, 4.69) is 47.5 Å². The highest BCUT2D eigenvalue weighted by Crippen LogP contribution is 2.32. The van der Waals surface area contributed by atoms with Gasteiger partial charge in [-0.05, 0) is 49.1 Å². The second-order valence-electron chi connectivity index (χ2n) is 6.58. The summed E-state index contributed by atoms with van der Waals surface area (Å²) in [6, 6.07) is 18.9. The highest BCUT2D eigenvalue weighted by atomic mass is 16.3. The molecule has 0 spiro atoms. The van der Waals surface area contributed by atoms with Gasteiger partial charge < -0.3 is 10.4 Å². The minimum absolute atomic E-state index is 0.220. The van der Waals surface area contributed by atoms with E-state index in [9.17, 15) is 5.11 Å². The van der Waals surface area contributed by atoms with Gasteiger partial charge in [-0.25, -0.2) is 0 Å². The van der Waals surface area contributed by atoms with Crippen LogP contribution in [0.2, 0.25) is 0 Å². The zero-order valence-electron chi connectivity index (χ0n) is 14.5. The van der Waals surface area contributed by atoms with Crippen LogP contribution in [0.15, 0.2) is 54.6 Å². The molecule has 0 bridgehead atoms. The quantitative estimate of drug-likeness (QED) is 0.812. The Morgan fingerprint density at radius 2 is 1.79 bits per heavy atom.